The minimum Gasteiger partial charge on any atom is -0.298 e. The van der Waals surface area contributed by atoms with Gasteiger partial charge in [-0.3, -0.25) is 4.79 Å². The van der Waals surface area contributed by atoms with E-state index < -0.39 is 0 Å². The van der Waals surface area contributed by atoms with Crippen molar-refractivity contribution in [1.29, 1.82) is 0 Å². The van der Waals surface area contributed by atoms with E-state index in [0.717, 1.165) is 24.7 Å². The molecule has 1 aromatic rings. The first-order valence-electron chi connectivity index (χ1n) is 8.38. The molecule has 1 heteroatoms. The van der Waals surface area contributed by atoms with Crippen LogP contribution in [0.1, 0.15) is 86.7 Å². The highest BCUT2D eigenvalue weighted by Gasteiger charge is 2.03. The van der Waals surface area contributed by atoms with Crippen molar-refractivity contribution in [3.8, 4) is 0 Å². The summed E-state index contributed by atoms with van der Waals surface area (Å²) in [6.07, 6.45) is 13.3. The van der Waals surface area contributed by atoms with Gasteiger partial charge in [-0.25, -0.2) is 0 Å². The zero-order chi connectivity index (χ0) is 14.6. The van der Waals surface area contributed by atoms with Crippen LogP contribution in [-0.2, 0) is 12.8 Å². The Morgan fingerprint density at radius 1 is 0.850 bits per heavy atom. The third-order valence-electron chi connectivity index (χ3n) is 3.96. The second-order valence-corrected chi connectivity index (χ2v) is 5.77. The van der Waals surface area contributed by atoms with E-state index in [2.05, 4.69) is 32.0 Å². The molecule has 0 aliphatic rings. The molecule has 0 bridgehead atoms. The summed E-state index contributed by atoms with van der Waals surface area (Å²) in [7, 11) is 0. The van der Waals surface area contributed by atoms with E-state index in [9.17, 15) is 4.79 Å². The largest absolute Gasteiger partial charge is 0.298 e. The monoisotopic (exact) mass is 274 g/mol. The Hall–Kier alpha value is -1.11. The van der Waals surface area contributed by atoms with Gasteiger partial charge in [0.15, 0.2) is 0 Å². The summed E-state index contributed by atoms with van der Waals surface area (Å²) < 4.78 is 0. The fourth-order valence-electron chi connectivity index (χ4n) is 2.64. The molecule has 0 aliphatic heterocycles. The Balaban J connectivity index is 2.49. The number of aldehydes is 1. The van der Waals surface area contributed by atoms with Gasteiger partial charge in [0.2, 0.25) is 0 Å². The molecule has 1 aromatic carbocycles. The molecule has 1 nitrogen and oxygen atoms in total. The molecule has 0 atom stereocenters. The summed E-state index contributed by atoms with van der Waals surface area (Å²) in [5, 5.41) is 0. The molecule has 0 unspecified atom stereocenters. The maximum Gasteiger partial charge on any atom is 0.150 e. The molecule has 1 rings (SSSR count). The van der Waals surface area contributed by atoms with Gasteiger partial charge in [-0.05, 0) is 42.9 Å². The predicted octanol–water partition coefficient (Wildman–Crippen LogP) is 5.74. The minimum atomic E-state index is 0.912. The second-order valence-electron chi connectivity index (χ2n) is 5.77. The van der Waals surface area contributed by atoms with Crippen LogP contribution in [0.4, 0.5) is 0 Å². The van der Waals surface area contributed by atoms with Crippen molar-refractivity contribution in [2.75, 3.05) is 0 Å². The lowest BCUT2D eigenvalue weighted by atomic mass is 9.97. The highest BCUT2D eigenvalue weighted by Crippen LogP contribution is 2.16. The van der Waals surface area contributed by atoms with Gasteiger partial charge in [-0.2, -0.15) is 0 Å². The molecular weight excluding hydrogens is 244 g/mol. The standard InChI is InChI=1S/C19H30O/c1-3-5-7-9-11-17-13-14-18(19(15-17)16-20)12-10-8-6-4-2/h13-16H,3-12H2,1-2H3. The lowest BCUT2D eigenvalue weighted by molar-refractivity contribution is 0.112. The molecule has 0 N–H and O–H groups in total. The molecule has 0 radical (unpaired) electrons. The van der Waals surface area contributed by atoms with Gasteiger partial charge in [0.1, 0.15) is 6.29 Å². The van der Waals surface area contributed by atoms with E-state index in [0.29, 0.717) is 0 Å². The van der Waals surface area contributed by atoms with Crippen molar-refractivity contribution in [3.05, 3.63) is 34.9 Å². The van der Waals surface area contributed by atoms with E-state index in [4.69, 9.17) is 0 Å². The number of carbonyl (C=O) groups is 1. The molecule has 0 amide bonds. The first kappa shape index (κ1) is 16.9. The summed E-state index contributed by atoms with van der Waals surface area (Å²) in [6.45, 7) is 4.46. The SMILES string of the molecule is CCCCCCc1ccc(CCCCCC)c(C=O)c1. The number of rotatable bonds is 11. The molecule has 0 saturated carbocycles. The van der Waals surface area contributed by atoms with E-state index in [1.807, 2.05) is 0 Å². The van der Waals surface area contributed by atoms with E-state index in [1.54, 1.807) is 0 Å². The zero-order valence-electron chi connectivity index (χ0n) is 13.3. The lowest BCUT2D eigenvalue weighted by Crippen LogP contribution is -1.96. The second kappa shape index (κ2) is 10.7. The van der Waals surface area contributed by atoms with Crippen molar-refractivity contribution in [2.24, 2.45) is 0 Å². The van der Waals surface area contributed by atoms with Crippen LogP contribution in [0, 0.1) is 0 Å². The van der Waals surface area contributed by atoms with Crippen molar-refractivity contribution in [1.82, 2.24) is 0 Å². The molecule has 0 aromatic heterocycles. The summed E-state index contributed by atoms with van der Waals surface area (Å²) >= 11 is 0. The third kappa shape index (κ3) is 6.36. The molecule has 20 heavy (non-hydrogen) atoms. The van der Waals surface area contributed by atoms with Gasteiger partial charge in [-0.15, -0.1) is 0 Å². The van der Waals surface area contributed by atoms with E-state index >= 15 is 0 Å². The molecule has 112 valence electrons. The first-order valence-corrected chi connectivity index (χ1v) is 8.38. The van der Waals surface area contributed by atoms with Crippen molar-refractivity contribution >= 4 is 6.29 Å². The number of aryl methyl sites for hydroxylation is 2. The van der Waals surface area contributed by atoms with Crippen LogP contribution in [0.2, 0.25) is 0 Å². The Labute approximate surface area is 124 Å². The molecule has 0 fully saturated rings. The Morgan fingerprint density at radius 3 is 2.10 bits per heavy atom. The van der Waals surface area contributed by atoms with Crippen LogP contribution >= 0.6 is 0 Å². The number of carbonyl (C=O) groups excluding carboxylic acids is 1. The third-order valence-corrected chi connectivity index (χ3v) is 3.96. The lowest BCUT2D eigenvalue weighted by Gasteiger charge is -2.08. The summed E-state index contributed by atoms with van der Waals surface area (Å²) in [5.41, 5.74) is 3.46. The summed E-state index contributed by atoms with van der Waals surface area (Å²) in [5.74, 6) is 0. The fourth-order valence-corrected chi connectivity index (χ4v) is 2.64. The van der Waals surface area contributed by atoms with Crippen LogP contribution in [0.3, 0.4) is 0 Å². The van der Waals surface area contributed by atoms with Crippen LogP contribution < -0.4 is 0 Å². The van der Waals surface area contributed by atoms with Gasteiger partial charge in [-0.1, -0.05) is 64.5 Å². The molecule has 0 heterocycles. The fraction of sp³-hybridized carbons (Fsp3) is 0.632. The van der Waals surface area contributed by atoms with Crippen LogP contribution in [0.25, 0.3) is 0 Å². The predicted molar refractivity (Wildman–Crippen MR) is 87.5 cm³/mol. The van der Waals surface area contributed by atoms with Gasteiger partial charge < -0.3 is 0 Å². The van der Waals surface area contributed by atoms with Gasteiger partial charge in [0, 0.05) is 5.56 Å². The molecular formula is C19H30O. The van der Waals surface area contributed by atoms with Crippen molar-refractivity contribution in [2.45, 2.75) is 78.1 Å². The van der Waals surface area contributed by atoms with Gasteiger partial charge in [0.25, 0.3) is 0 Å². The first-order chi connectivity index (χ1) is 9.81. The Kier molecular flexibility index (Phi) is 9.02. The normalized spacial score (nSPS) is 10.7. The smallest absolute Gasteiger partial charge is 0.150 e. The van der Waals surface area contributed by atoms with E-state index in [-0.39, 0.29) is 0 Å². The Morgan fingerprint density at radius 2 is 1.50 bits per heavy atom. The van der Waals surface area contributed by atoms with Gasteiger partial charge in [0.05, 0.1) is 0 Å². The highest BCUT2D eigenvalue weighted by molar-refractivity contribution is 5.77. The summed E-state index contributed by atoms with van der Waals surface area (Å²) in [4.78, 5) is 11.2. The van der Waals surface area contributed by atoms with Crippen molar-refractivity contribution < 1.29 is 4.79 Å². The number of hydrogen-bond acceptors (Lipinski definition) is 1. The summed E-state index contributed by atoms with van der Waals surface area (Å²) in [6, 6.07) is 6.49. The maximum absolute atomic E-state index is 11.2. The van der Waals surface area contributed by atoms with E-state index in [1.165, 1.54) is 62.5 Å². The van der Waals surface area contributed by atoms with Crippen LogP contribution in [-0.4, -0.2) is 6.29 Å². The highest BCUT2D eigenvalue weighted by atomic mass is 16.1. The number of benzene rings is 1. The van der Waals surface area contributed by atoms with Crippen LogP contribution in [0.15, 0.2) is 18.2 Å². The minimum absolute atomic E-state index is 0.912. The Bertz CT molecular complexity index is 381. The quantitative estimate of drug-likeness (QED) is 0.371. The average Bonchev–Trinajstić information content (AvgIpc) is 2.49. The molecule has 0 saturated heterocycles. The average molecular weight is 274 g/mol. The van der Waals surface area contributed by atoms with Crippen LogP contribution in [0.5, 0.6) is 0 Å². The van der Waals surface area contributed by atoms with Gasteiger partial charge >= 0.3 is 0 Å². The van der Waals surface area contributed by atoms with Crippen molar-refractivity contribution in [3.63, 3.8) is 0 Å². The topological polar surface area (TPSA) is 17.1 Å². The number of hydrogen-bond donors (Lipinski definition) is 0. The molecule has 0 spiro atoms. The molecule has 0 aliphatic carbocycles. The zero-order valence-corrected chi connectivity index (χ0v) is 13.3. The number of unbranched alkanes of at least 4 members (excludes halogenated alkanes) is 6. The maximum atomic E-state index is 11.2.